The number of nitrogens with one attached hydrogen (secondary N) is 1. The highest BCUT2D eigenvalue weighted by Gasteiger charge is 2.48. The maximum Gasteiger partial charge on any atom is 0.0819 e. The molecule has 0 spiro atoms. The minimum absolute atomic E-state index is 0.229. The van der Waals surface area contributed by atoms with Crippen LogP contribution in [-0.4, -0.2) is 35.4 Å². The number of hydrogen-bond acceptors (Lipinski definition) is 4. The fraction of sp³-hybridized carbons (Fsp3) is 0.643. The normalized spacial score (nSPS) is 33.8. The van der Waals surface area contributed by atoms with E-state index in [9.17, 15) is 0 Å². The Kier molecular flexibility index (Phi) is 2.70. The van der Waals surface area contributed by atoms with Gasteiger partial charge < -0.3 is 15.7 Å². The highest BCUT2D eigenvalue weighted by atomic mass is 16.3. The lowest BCUT2D eigenvalue weighted by Gasteiger charge is -2.23. The zero-order valence-corrected chi connectivity index (χ0v) is 10.7. The highest BCUT2D eigenvalue weighted by Crippen LogP contribution is 2.54. The van der Waals surface area contributed by atoms with Gasteiger partial charge in [0.2, 0.25) is 0 Å². The summed E-state index contributed by atoms with van der Waals surface area (Å²) in [4.78, 5) is 2.12. The van der Waals surface area contributed by atoms with Crippen LogP contribution in [0.15, 0.2) is 23.5 Å². The Labute approximate surface area is 108 Å². The summed E-state index contributed by atoms with van der Waals surface area (Å²) in [5.74, 6) is 1.57. The summed E-state index contributed by atoms with van der Waals surface area (Å²) in [5, 5.41) is 17.5. The third kappa shape index (κ3) is 1.75. The van der Waals surface area contributed by atoms with Gasteiger partial charge in [-0.2, -0.15) is 0 Å². The summed E-state index contributed by atoms with van der Waals surface area (Å²) in [5.41, 5.74) is 9.31. The molecule has 1 aliphatic heterocycles. The van der Waals surface area contributed by atoms with Gasteiger partial charge >= 0.3 is 0 Å². The van der Waals surface area contributed by atoms with Crippen molar-refractivity contribution in [2.75, 3.05) is 19.7 Å². The van der Waals surface area contributed by atoms with Gasteiger partial charge in [-0.05, 0) is 31.1 Å². The largest absolute Gasteiger partial charge is 0.402 e. The topological polar surface area (TPSA) is 73.3 Å². The van der Waals surface area contributed by atoms with E-state index >= 15 is 0 Å². The summed E-state index contributed by atoms with van der Waals surface area (Å²) in [7, 11) is 0. The maximum atomic E-state index is 9.17. The third-order valence-electron chi connectivity index (χ3n) is 4.61. The second kappa shape index (κ2) is 4.12. The van der Waals surface area contributed by atoms with Crippen LogP contribution in [0.4, 0.5) is 0 Å². The van der Waals surface area contributed by atoms with Crippen molar-refractivity contribution < 1.29 is 5.11 Å². The molecule has 18 heavy (non-hydrogen) atoms. The van der Waals surface area contributed by atoms with E-state index in [1.165, 1.54) is 6.42 Å². The quantitative estimate of drug-likeness (QED) is 0.651. The predicted molar refractivity (Wildman–Crippen MR) is 71.1 cm³/mol. The molecule has 0 amide bonds. The van der Waals surface area contributed by atoms with Crippen molar-refractivity contribution in [2.45, 2.75) is 19.3 Å². The first kappa shape index (κ1) is 11.8. The number of aliphatic hydroxyl groups excluding tert-OH is 1. The molecule has 0 aromatic rings. The predicted octanol–water partition coefficient (Wildman–Crippen LogP) is 1.09. The molecule has 2 fully saturated rings. The van der Waals surface area contributed by atoms with Crippen molar-refractivity contribution in [3.63, 3.8) is 0 Å². The summed E-state index contributed by atoms with van der Waals surface area (Å²) in [6.45, 7) is 6.01. The van der Waals surface area contributed by atoms with Crippen molar-refractivity contribution in [3.05, 3.63) is 23.5 Å². The standard InChI is InChI=1S/C14H21N3O/c1-8(17-3-2-9(6-17)7-18)14(16)13-11-4-10(11)5-12(13)15/h9-11,16,18H,1-7,15H2/t9-,10-,11-/m1/s1. The first-order chi connectivity index (χ1) is 8.61. The second-order valence-corrected chi connectivity index (χ2v) is 5.85. The first-order valence-electron chi connectivity index (χ1n) is 6.74. The lowest BCUT2D eigenvalue weighted by molar-refractivity contribution is 0.230. The van der Waals surface area contributed by atoms with E-state index in [1.807, 2.05) is 0 Å². The molecule has 4 N–H and O–H groups in total. The molecule has 3 rings (SSSR count). The molecule has 0 unspecified atom stereocenters. The fourth-order valence-electron chi connectivity index (χ4n) is 3.34. The van der Waals surface area contributed by atoms with Gasteiger partial charge in [0.1, 0.15) is 0 Å². The molecule has 0 aromatic heterocycles. The van der Waals surface area contributed by atoms with Crippen LogP contribution in [0.25, 0.3) is 0 Å². The molecule has 4 heteroatoms. The fourth-order valence-corrected chi connectivity index (χ4v) is 3.34. The number of fused-ring (bicyclic) bond motifs is 1. The van der Waals surface area contributed by atoms with E-state index in [0.717, 1.165) is 42.9 Å². The SMILES string of the molecule is C=C(C(=N)C1=C(N)C[C@H]2C[C@@H]12)N1CC[C@@H](CO)C1. The molecule has 0 radical (unpaired) electrons. The number of nitrogens with two attached hydrogens (primary N) is 1. The average Bonchev–Trinajstić information content (AvgIpc) is 2.83. The lowest BCUT2D eigenvalue weighted by atomic mass is 10.0. The van der Waals surface area contributed by atoms with E-state index in [0.29, 0.717) is 23.5 Å². The van der Waals surface area contributed by atoms with E-state index < -0.39 is 0 Å². The first-order valence-corrected chi connectivity index (χ1v) is 6.74. The third-order valence-corrected chi connectivity index (χ3v) is 4.61. The number of aliphatic hydroxyl groups is 1. The molecule has 1 saturated carbocycles. The van der Waals surface area contributed by atoms with Crippen molar-refractivity contribution >= 4 is 5.71 Å². The zero-order valence-electron chi connectivity index (χ0n) is 10.7. The minimum Gasteiger partial charge on any atom is -0.402 e. The van der Waals surface area contributed by atoms with E-state index in [4.69, 9.17) is 16.2 Å². The van der Waals surface area contributed by atoms with Gasteiger partial charge in [0, 0.05) is 36.9 Å². The summed E-state index contributed by atoms with van der Waals surface area (Å²) >= 11 is 0. The molecular formula is C14H21N3O. The highest BCUT2D eigenvalue weighted by molar-refractivity contribution is 6.11. The molecule has 2 aliphatic carbocycles. The van der Waals surface area contributed by atoms with Crippen LogP contribution in [0.5, 0.6) is 0 Å². The van der Waals surface area contributed by atoms with Crippen LogP contribution >= 0.6 is 0 Å². The number of allylic oxidation sites excluding steroid dienone is 2. The lowest BCUT2D eigenvalue weighted by Crippen LogP contribution is -2.27. The molecule has 4 nitrogen and oxygen atoms in total. The molecule has 3 aliphatic rings. The van der Waals surface area contributed by atoms with Gasteiger partial charge in [0.05, 0.1) is 11.4 Å². The Morgan fingerprint density at radius 3 is 2.89 bits per heavy atom. The van der Waals surface area contributed by atoms with Gasteiger partial charge in [-0.15, -0.1) is 0 Å². The molecule has 3 atom stereocenters. The summed E-state index contributed by atoms with van der Waals surface area (Å²) in [6, 6.07) is 0. The van der Waals surface area contributed by atoms with Crippen LogP contribution < -0.4 is 5.73 Å². The Bertz CT molecular complexity index is 440. The van der Waals surface area contributed by atoms with Crippen LogP contribution in [-0.2, 0) is 0 Å². The summed E-state index contributed by atoms with van der Waals surface area (Å²) < 4.78 is 0. The van der Waals surface area contributed by atoms with Crippen molar-refractivity contribution in [2.24, 2.45) is 23.5 Å². The zero-order chi connectivity index (χ0) is 12.9. The molecule has 1 heterocycles. The van der Waals surface area contributed by atoms with E-state index in [-0.39, 0.29) is 6.61 Å². The number of nitrogens with zero attached hydrogens (tertiary/aromatic N) is 1. The monoisotopic (exact) mass is 247 g/mol. The van der Waals surface area contributed by atoms with Crippen LogP contribution in [0, 0.1) is 23.2 Å². The van der Waals surface area contributed by atoms with Crippen molar-refractivity contribution in [1.82, 2.24) is 4.90 Å². The van der Waals surface area contributed by atoms with Gasteiger partial charge in [0.25, 0.3) is 0 Å². The van der Waals surface area contributed by atoms with Gasteiger partial charge in [-0.25, -0.2) is 0 Å². The van der Waals surface area contributed by atoms with Gasteiger partial charge in [0.15, 0.2) is 0 Å². The molecule has 0 aromatic carbocycles. The molecule has 98 valence electrons. The summed E-state index contributed by atoms with van der Waals surface area (Å²) in [6.07, 6.45) is 3.16. The van der Waals surface area contributed by atoms with Crippen LogP contribution in [0.2, 0.25) is 0 Å². The molecule has 0 bridgehead atoms. The molecular weight excluding hydrogens is 226 g/mol. The van der Waals surface area contributed by atoms with E-state index in [2.05, 4.69) is 11.5 Å². The van der Waals surface area contributed by atoms with Crippen molar-refractivity contribution in [3.8, 4) is 0 Å². The number of hydrogen-bond donors (Lipinski definition) is 3. The number of likely N-dealkylation sites (tertiary alicyclic amines) is 1. The Balaban J connectivity index is 1.70. The second-order valence-electron chi connectivity index (χ2n) is 5.85. The Hall–Kier alpha value is -1.29. The minimum atomic E-state index is 0.229. The average molecular weight is 247 g/mol. The maximum absolute atomic E-state index is 9.17. The Morgan fingerprint density at radius 2 is 2.33 bits per heavy atom. The van der Waals surface area contributed by atoms with Gasteiger partial charge in [-0.3, -0.25) is 5.41 Å². The van der Waals surface area contributed by atoms with Gasteiger partial charge in [-0.1, -0.05) is 6.58 Å². The van der Waals surface area contributed by atoms with E-state index in [1.54, 1.807) is 0 Å². The Morgan fingerprint density at radius 1 is 1.56 bits per heavy atom. The van der Waals surface area contributed by atoms with Crippen molar-refractivity contribution in [1.29, 1.82) is 5.41 Å². The number of rotatable bonds is 4. The van der Waals surface area contributed by atoms with Crippen LogP contribution in [0.1, 0.15) is 19.3 Å². The molecule has 1 saturated heterocycles. The smallest absolute Gasteiger partial charge is 0.0819 e. The van der Waals surface area contributed by atoms with Crippen LogP contribution in [0.3, 0.4) is 0 Å².